The molecule has 1 unspecified atom stereocenters. The van der Waals surface area contributed by atoms with Crippen molar-refractivity contribution in [2.75, 3.05) is 20.2 Å². The highest BCUT2D eigenvalue weighted by Crippen LogP contribution is 2.27. The quantitative estimate of drug-likeness (QED) is 0.527. The molecule has 180 valence electrons. The van der Waals surface area contributed by atoms with Crippen LogP contribution >= 0.6 is 11.6 Å². The molecule has 1 aliphatic rings. The second-order valence-electron chi connectivity index (χ2n) is 7.61. The SMILES string of the molecule is COc1ccc(S(=O)(=O)NC(C)C(=O)NCc2ccc(S(=O)(=O)N3CCCC3)cc2)cc1Cl. The van der Waals surface area contributed by atoms with Crippen molar-refractivity contribution in [3.8, 4) is 5.75 Å². The molecule has 1 saturated heterocycles. The van der Waals surface area contributed by atoms with E-state index in [1.165, 1.54) is 48.7 Å². The van der Waals surface area contributed by atoms with Gasteiger partial charge in [-0.2, -0.15) is 9.03 Å². The standard InChI is InChI=1S/C21H26ClN3O6S2/c1-15(24-32(27,28)18-9-10-20(31-2)19(22)13-18)21(26)23-14-16-5-7-17(8-6-16)33(29,30)25-11-3-4-12-25/h5-10,13,15,24H,3-4,11-12,14H2,1-2H3,(H,23,26). The fraction of sp³-hybridized carbons (Fsp3) is 0.381. The summed E-state index contributed by atoms with van der Waals surface area (Å²) in [5.74, 6) is -0.201. The first kappa shape index (κ1) is 25.4. The van der Waals surface area contributed by atoms with E-state index in [9.17, 15) is 21.6 Å². The van der Waals surface area contributed by atoms with Crippen molar-refractivity contribution >= 4 is 37.6 Å². The summed E-state index contributed by atoms with van der Waals surface area (Å²) in [5, 5.41) is 2.78. The third kappa shape index (κ3) is 6.04. The van der Waals surface area contributed by atoms with Crippen molar-refractivity contribution < 1.29 is 26.4 Å². The molecule has 9 nitrogen and oxygen atoms in total. The number of nitrogens with one attached hydrogen (secondary N) is 2. The van der Waals surface area contributed by atoms with Gasteiger partial charge < -0.3 is 10.1 Å². The fourth-order valence-electron chi connectivity index (χ4n) is 3.37. The van der Waals surface area contributed by atoms with E-state index in [0.717, 1.165) is 12.8 Å². The molecule has 2 aromatic rings. The number of hydrogen-bond acceptors (Lipinski definition) is 6. The Morgan fingerprint density at radius 3 is 2.24 bits per heavy atom. The fourth-order valence-corrected chi connectivity index (χ4v) is 6.44. The highest BCUT2D eigenvalue weighted by molar-refractivity contribution is 7.89. The van der Waals surface area contributed by atoms with Crippen LogP contribution in [0.3, 0.4) is 0 Å². The van der Waals surface area contributed by atoms with Crippen LogP contribution in [0.5, 0.6) is 5.75 Å². The molecule has 2 aromatic carbocycles. The number of carbonyl (C=O) groups excluding carboxylic acids is 1. The number of rotatable bonds is 9. The van der Waals surface area contributed by atoms with E-state index in [1.54, 1.807) is 12.1 Å². The van der Waals surface area contributed by atoms with Crippen molar-refractivity contribution in [2.45, 2.75) is 42.1 Å². The Morgan fingerprint density at radius 2 is 1.67 bits per heavy atom. The Labute approximate surface area is 199 Å². The van der Waals surface area contributed by atoms with E-state index in [4.69, 9.17) is 16.3 Å². The molecule has 1 amide bonds. The minimum atomic E-state index is -3.99. The summed E-state index contributed by atoms with van der Waals surface area (Å²) >= 11 is 5.99. The number of nitrogens with zero attached hydrogens (tertiary/aromatic N) is 1. The predicted octanol–water partition coefficient (Wildman–Crippen LogP) is 2.12. The lowest BCUT2D eigenvalue weighted by Crippen LogP contribution is -2.44. The molecule has 1 aliphatic heterocycles. The van der Waals surface area contributed by atoms with Gasteiger partial charge in [0.05, 0.1) is 28.0 Å². The zero-order valence-electron chi connectivity index (χ0n) is 18.2. The molecular weight excluding hydrogens is 490 g/mol. The predicted molar refractivity (Wildman–Crippen MR) is 124 cm³/mol. The Bertz CT molecular complexity index is 1210. The van der Waals surface area contributed by atoms with Crippen molar-refractivity contribution in [3.05, 3.63) is 53.1 Å². The smallest absolute Gasteiger partial charge is 0.243 e. The van der Waals surface area contributed by atoms with Gasteiger partial charge in [-0.05, 0) is 55.7 Å². The molecule has 2 N–H and O–H groups in total. The van der Waals surface area contributed by atoms with Crippen molar-refractivity contribution in [3.63, 3.8) is 0 Å². The van der Waals surface area contributed by atoms with Crippen LogP contribution in [0.1, 0.15) is 25.3 Å². The van der Waals surface area contributed by atoms with E-state index in [2.05, 4.69) is 10.0 Å². The summed E-state index contributed by atoms with van der Waals surface area (Å²) in [5.41, 5.74) is 0.681. The summed E-state index contributed by atoms with van der Waals surface area (Å²) in [6.07, 6.45) is 1.72. The number of sulfonamides is 2. The molecule has 0 aromatic heterocycles. The average Bonchev–Trinajstić information content (AvgIpc) is 3.33. The second kappa shape index (κ2) is 10.4. The van der Waals surface area contributed by atoms with E-state index in [0.29, 0.717) is 24.4 Å². The van der Waals surface area contributed by atoms with Crippen LogP contribution in [-0.2, 0) is 31.4 Å². The van der Waals surface area contributed by atoms with Crippen LogP contribution in [0.2, 0.25) is 5.02 Å². The van der Waals surface area contributed by atoms with Gasteiger partial charge in [0, 0.05) is 19.6 Å². The summed E-state index contributed by atoms with van der Waals surface area (Å²) in [6.45, 7) is 2.58. The first-order chi connectivity index (χ1) is 15.5. The molecule has 0 saturated carbocycles. The highest BCUT2D eigenvalue weighted by Gasteiger charge is 2.27. The minimum absolute atomic E-state index is 0.0947. The number of methoxy groups -OCH3 is 1. The van der Waals surface area contributed by atoms with Crippen molar-refractivity contribution in [1.82, 2.24) is 14.3 Å². The summed E-state index contributed by atoms with van der Waals surface area (Å²) in [7, 11) is -6.07. The monoisotopic (exact) mass is 515 g/mol. The number of ether oxygens (including phenoxy) is 1. The Hall–Kier alpha value is -2.18. The Morgan fingerprint density at radius 1 is 1.06 bits per heavy atom. The molecule has 1 heterocycles. The molecule has 0 bridgehead atoms. The summed E-state index contributed by atoms with van der Waals surface area (Å²) in [6, 6.07) is 9.21. The van der Waals surface area contributed by atoms with Gasteiger partial charge in [-0.15, -0.1) is 0 Å². The van der Waals surface area contributed by atoms with Crippen LogP contribution < -0.4 is 14.8 Å². The van der Waals surface area contributed by atoms with E-state index in [-0.39, 0.29) is 21.4 Å². The molecular formula is C21H26ClN3O6S2. The number of carbonyl (C=O) groups is 1. The zero-order chi connectivity index (χ0) is 24.2. The maximum atomic E-state index is 12.6. The molecule has 12 heteroatoms. The zero-order valence-corrected chi connectivity index (χ0v) is 20.6. The van der Waals surface area contributed by atoms with Gasteiger partial charge in [0.1, 0.15) is 5.75 Å². The van der Waals surface area contributed by atoms with Crippen LogP contribution in [-0.4, -0.2) is 53.3 Å². The topological polar surface area (TPSA) is 122 Å². The van der Waals surface area contributed by atoms with Crippen molar-refractivity contribution in [2.24, 2.45) is 0 Å². The highest BCUT2D eigenvalue weighted by atomic mass is 35.5. The molecule has 33 heavy (non-hydrogen) atoms. The van der Waals surface area contributed by atoms with E-state index in [1.807, 2.05) is 0 Å². The van der Waals surface area contributed by atoms with Gasteiger partial charge in [0.25, 0.3) is 0 Å². The third-order valence-corrected chi connectivity index (χ3v) is 9.00. The first-order valence-electron chi connectivity index (χ1n) is 10.3. The molecule has 1 atom stereocenters. The number of hydrogen-bond donors (Lipinski definition) is 2. The largest absolute Gasteiger partial charge is 0.495 e. The van der Waals surface area contributed by atoms with Crippen LogP contribution in [0.15, 0.2) is 52.3 Å². The lowest BCUT2D eigenvalue weighted by Gasteiger charge is -2.16. The van der Waals surface area contributed by atoms with E-state index >= 15 is 0 Å². The molecule has 0 radical (unpaired) electrons. The molecule has 1 fully saturated rings. The summed E-state index contributed by atoms with van der Waals surface area (Å²) < 4.78 is 59.1. The van der Waals surface area contributed by atoms with Gasteiger partial charge in [-0.3, -0.25) is 4.79 Å². The lowest BCUT2D eigenvalue weighted by atomic mass is 10.2. The molecule has 3 rings (SSSR count). The van der Waals surface area contributed by atoms with Gasteiger partial charge >= 0.3 is 0 Å². The normalized spacial score (nSPS) is 15.8. The second-order valence-corrected chi connectivity index (χ2v) is 11.7. The van der Waals surface area contributed by atoms with Gasteiger partial charge in [-0.1, -0.05) is 23.7 Å². The minimum Gasteiger partial charge on any atom is -0.495 e. The van der Waals surface area contributed by atoms with Crippen LogP contribution in [0, 0.1) is 0 Å². The van der Waals surface area contributed by atoms with Crippen LogP contribution in [0.25, 0.3) is 0 Å². The first-order valence-corrected chi connectivity index (χ1v) is 13.6. The number of amides is 1. The van der Waals surface area contributed by atoms with Gasteiger partial charge in [0.2, 0.25) is 26.0 Å². The molecule has 0 aliphatic carbocycles. The average molecular weight is 516 g/mol. The molecule has 0 spiro atoms. The number of benzene rings is 2. The lowest BCUT2D eigenvalue weighted by molar-refractivity contribution is -0.122. The Kier molecular flexibility index (Phi) is 8.01. The van der Waals surface area contributed by atoms with Crippen LogP contribution in [0.4, 0.5) is 0 Å². The van der Waals surface area contributed by atoms with Crippen molar-refractivity contribution in [1.29, 1.82) is 0 Å². The van der Waals surface area contributed by atoms with E-state index < -0.39 is 32.0 Å². The van der Waals surface area contributed by atoms with Gasteiger partial charge in [0.15, 0.2) is 0 Å². The maximum absolute atomic E-state index is 12.6. The summed E-state index contributed by atoms with van der Waals surface area (Å²) in [4.78, 5) is 12.5. The maximum Gasteiger partial charge on any atom is 0.243 e. The Balaban J connectivity index is 1.58. The van der Waals surface area contributed by atoms with Gasteiger partial charge in [-0.25, -0.2) is 16.8 Å². The number of halogens is 1. The third-order valence-electron chi connectivity index (χ3n) is 5.25.